The molecule has 118 valence electrons. The van der Waals surface area contributed by atoms with Gasteiger partial charge in [0.25, 0.3) is 0 Å². The largest absolute Gasteiger partial charge is 0.373 e. The van der Waals surface area contributed by atoms with Crippen LogP contribution < -0.4 is 4.90 Å². The molecule has 4 nitrogen and oxygen atoms in total. The van der Waals surface area contributed by atoms with E-state index in [0.717, 1.165) is 42.5 Å². The van der Waals surface area contributed by atoms with Crippen LogP contribution in [0.4, 0.5) is 5.13 Å². The van der Waals surface area contributed by atoms with E-state index in [2.05, 4.69) is 14.3 Å². The van der Waals surface area contributed by atoms with E-state index in [1.165, 1.54) is 11.5 Å². The molecule has 0 amide bonds. The minimum Gasteiger partial charge on any atom is -0.373 e. The highest BCUT2D eigenvalue weighted by molar-refractivity contribution is 7.09. The second-order valence-corrected chi connectivity index (χ2v) is 6.91. The van der Waals surface area contributed by atoms with Gasteiger partial charge < -0.3 is 9.64 Å². The van der Waals surface area contributed by atoms with Gasteiger partial charge in [0.05, 0.1) is 22.8 Å². The van der Waals surface area contributed by atoms with Crippen LogP contribution >= 0.6 is 34.7 Å². The summed E-state index contributed by atoms with van der Waals surface area (Å²) >= 11 is 13.4. The summed E-state index contributed by atoms with van der Waals surface area (Å²) in [6.45, 7) is 4.41. The number of nitrogens with zero attached hydrogens (tertiary/aromatic N) is 3. The Balaban J connectivity index is 1.48. The molecule has 22 heavy (non-hydrogen) atoms. The smallest absolute Gasteiger partial charge is 0.205 e. The van der Waals surface area contributed by atoms with Crippen LogP contribution in [0, 0.1) is 6.92 Å². The molecule has 1 fully saturated rings. The molecule has 0 bridgehead atoms. The zero-order chi connectivity index (χ0) is 15.5. The monoisotopic (exact) mass is 357 g/mol. The SMILES string of the molecule is Cc1nsc(N2CCC(OCc3ccc(Cl)c(Cl)c3)CC2)n1. The topological polar surface area (TPSA) is 38.2 Å². The maximum Gasteiger partial charge on any atom is 0.205 e. The Morgan fingerprint density at radius 1 is 1.27 bits per heavy atom. The molecule has 2 heterocycles. The fraction of sp³-hybridized carbons (Fsp3) is 0.467. The molecule has 0 N–H and O–H groups in total. The van der Waals surface area contributed by atoms with Gasteiger partial charge in [-0.15, -0.1) is 0 Å². The van der Waals surface area contributed by atoms with E-state index in [9.17, 15) is 0 Å². The number of hydrogen-bond acceptors (Lipinski definition) is 5. The third-order valence-electron chi connectivity index (χ3n) is 3.70. The van der Waals surface area contributed by atoms with Gasteiger partial charge in [-0.3, -0.25) is 0 Å². The molecule has 0 unspecified atom stereocenters. The number of aromatic nitrogens is 2. The Hall–Kier alpha value is -0.880. The second-order valence-electron chi connectivity index (χ2n) is 5.37. The summed E-state index contributed by atoms with van der Waals surface area (Å²) in [5.74, 6) is 0.845. The highest BCUT2D eigenvalue weighted by Gasteiger charge is 2.22. The fourth-order valence-corrected chi connectivity index (χ4v) is 3.52. The Morgan fingerprint density at radius 3 is 2.68 bits per heavy atom. The number of hydrogen-bond donors (Lipinski definition) is 0. The van der Waals surface area contributed by atoms with Crippen molar-refractivity contribution in [2.75, 3.05) is 18.0 Å². The Kier molecular flexibility index (Phi) is 5.18. The lowest BCUT2D eigenvalue weighted by atomic mass is 10.1. The quantitative estimate of drug-likeness (QED) is 0.815. The number of benzene rings is 1. The van der Waals surface area contributed by atoms with Crippen LogP contribution in [0.5, 0.6) is 0 Å². The number of anilines is 1. The van der Waals surface area contributed by atoms with Gasteiger partial charge in [-0.05, 0) is 37.5 Å². The minimum absolute atomic E-state index is 0.278. The Morgan fingerprint density at radius 2 is 2.05 bits per heavy atom. The molecule has 0 aliphatic carbocycles. The van der Waals surface area contributed by atoms with E-state index in [0.29, 0.717) is 16.7 Å². The van der Waals surface area contributed by atoms with E-state index in [-0.39, 0.29) is 6.10 Å². The first-order valence-corrected chi connectivity index (χ1v) is 8.75. The van der Waals surface area contributed by atoms with Gasteiger partial charge in [0, 0.05) is 24.6 Å². The average molecular weight is 358 g/mol. The highest BCUT2D eigenvalue weighted by atomic mass is 35.5. The van der Waals surface area contributed by atoms with Crippen molar-refractivity contribution in [3.8, 4) is 0 Å². The van der Waals surface area contributed by atoms with E-state index in [1.807, 2.05) is 25.1 Å². The zero-order valence-corrected chi connectivity index (χ0v) is 14.6. The van der Waals surface area contributed by atoms with E-state index < -0.39 is 0 Å². The van der Waals surface area contributed by atoms with Gasteiger partial charge >= 0.3 is 0 Å². The van der Waals surface area contributed by atoms with Crippen molar-refractivity contribution in [3.63, 3.8) is 0 Å². The molecule has 7 heteroatoms. The summed E-state index contributed by atoms with van der Waals surface area (Å²) in [7, 11) is 0. The molecule has 2 aromatic rings. The summed E-state index contributed by atoms with van der Waals surface area (Å²) in [4.78, 5) is 6.72. The Labute approximate surface area is 144 Å². The van der Waals surface area contributed by atoms with Crippen LogP contribution in [0.2, 0.25) is 10.0 Å². The molecule has 0 spiro atoms. The van der Waals surface area contributed by atoms with Crippen molar-refractivity contribution in [1.82, 2.24) is 9.36 Å². The third-order valence-corrected chi connectivity index (χ3v) is 5.31. The van der Waals surface area contributed by atoms with Gasteiger partial charge in [0.1, 0.15) is 5.82 Å². The first-order chi connectivity index (χ1) is 10.6. The van der Waals surface area contributed by atoms with Gasteiger partial charge in [-0.25, -0.2) is 4.98 Å². The lowest BCUT2D eigenvalue weighted by molar-refractivity contribution is 0.0251. The Bertz CT molecular complexity index is 641. The molecular weight excluding hydrogens is 341 g/mol. The zero-order valence-electron chi connectivity index (χ0n) is 12.3. The van der Waals surface area contributed by atoms with Crippen molar-refractivity contribution < 1.29 is 4.74 Å². The van der Waals surface area contributed by atoms with E-state index >= 15 is 0 Å². The van der Waals surface area contributed by atoms with Crippen molar-refractivity contribution >= 4 is 39.9 Å². The highest BCUT2D eigenvalue weighted by Crippen LogP contribution is 2.25. The number of rotatable bonds is 4. The first kappa shape index (κ1) is 16.0. The molecule has 3 rings (SSSR count). The molecule has 1 aromatic carbocycles. The summed E-state index contributed by atoms with van der Waals surface area (Å²) in [5.41, 5.74) is 1.05. The summed E-state index contributed by atoms with van der Waals surface area (Å²) in [6, 6.07) is 5.62. The van der Waals surface area contributed by atoms with Gasteiger partial charge in [-0.2, -0.15) is 4.37 Å². The predicted molar refractivity (Wildman–Crippen MR) is 91.1 cm³/mol. The molecular formula is C15H17Cl2N3OS. The fourth-order valence-electron chi connectivity index (χ4n) is 2.47. The van der Waals surface area contributed by atoms with Crippen molar-refractivity contribution in [3.05, 3.63) is 39.6 Å². The number of halogens is 2. The lowest BCUT2D eigenvalue weighted by Crippen LogP contribution is -2.36. The van der Waals surface area contributed by atoms with Crippen LogP contribution in [0.3, 0.4) is 0 Å². The van der Waals surface area contributed by atoms with Crippen LogP contribution in [0.15, 0.2) is 18.2 Å². The van der Waals surface area contributed by atoms with Gasteiger partial charge in [0.2, 0.25) is 5.13 Å². The lowest BCUT2D eigenvalue weighted by Gasteiger charge is -2.31. The molecule has 1 aliphatic heterocycles. The van der Waals surface area contributed by atoms with Crippen LogP contribution in [0.25, 0.3) is 0 Å². The summed E-state index contributed by atoms with van der Waals surface area (Å²) in [5, 5.41) is 2.16. The second kappa shape index (κ2) is 7.13. The normalized spacial score (nSPS) is 16.2. The number of piperidine rings is 1. The molecule has 1 aromatic heterocycles. The average Bonchev–Trinajstić information content (AvgIpc) is 2.95. The summed E-state index contributed by atoms with van der Waals surface area (Å²) < 4.78 is 10.2. The summed E-state index contributed by atoms with van der Waals surface area (Å²) in [6.07, 6.45) is 2.28. The van der Waals surface area contributed by atoms with Crippen molar-refractivity contribution in [2.24, 2.45) is 0 Å². The first-order valence-electron chi connectivity index (χ1n) is 7.22. The van der Waals surface area contributed by atoms with E-state index in [1.54, 1.807) is 0 Å². The van der Waals surface area contributed by atoms with Gasteiger partial charge in [-0.1, -0.05) is 29.3 Å². The van der Waals surface area contributed by atoms with E-state index in [4.69, 9.17) is 27.9 Å². The molecule has 1 aliphatic rings. The van der Waals surface area contributed by atoms with Crippen molar-refractivity contribution in [2.45, 2.75) is 32.5 Å². The molecule has 1 saturated heterocycles. The molecule has 0 saturated carbocycles. The minimum atomic E-state index is 0.278. The third kappa shape index (κ3) is 3.90. The standard InChI is InChI=1S/C15H17Cl2N3OS/c1-10-18-15(22-19-10)20-6-4-12(5-7-20)21-9-11-2-3-13(16)14(17)8-11/h2-3,8,12H,4-7,9H2,1H3. The molecule has 0 atom stereocenters. The van der Waals surface area contributed by atoms with Gasteiger partial charge in [0.15, 0.2) is 0 Å². The van der Waals surface area contributed by atoms with Crippen LogP contribution in [0.1, 0.15) is 24.2 Å². The predicted octanol–water partition coefficient (Wildman–Crippen LogP) is 4.34. The molecule has 0 radical (unpaired) electrons. The maximum absolute atomic E-state index is 6.02. The van der Waals surface area contributed by atoms with Crippen molar-refractivity contribution in [1.29, 1.82) is 0 Å². The van der Waals surface area contributed by atoms with Crippen LogP contribution in [-0.4, -0.2) is 28.6 Å². The number of aryl methyl sites for hydroxylation is 1. The maximum atomic E-state index is 6.02. The van der Waals surface area contributed by atoms with Crippen LogP contribution in [-0.2, 0) is 11.3 Å². The number of ether oxygens (including phenoxy) is 1.